The fourth-order valence-electron chi connectivity index (χ4n) is 3.05. The average Bonchev–Trinajstić information content (AvgIpc) is 2.58. The van der Waals surface area contributed by atoms with Crippen LogP contribution < -0.4 is 5.32 Å². The van der Waals surface area contributed by atoms with Crippen molar-refractivity contribution in [2.75, 3.05) is 53.4 Å². The summed E-state index contributed by atoms with van der Waals surface area (Å²) in [6, 6.07) is 8.11. The zero-order valence-electron chi connectivity index (χ0n) is 15.9. The predicted octanol–water partition coefficient (Wildman–Crippen LogP) is 3.06. The van der Waals surface area contributed by atoms with Crippen molar-refractivity contribution in [3.8, 4) is 0 Å². The molecule has 1 aliphatic rings. The maximum Gasteiger partial charge on any atom is 0.401 e. The lowest BCUT2D eigenvalue weighted by Gasteiger charge is -2.36. The lowest BCUT2D eigenvalue weighted by molar-refractivity contribution is -0.142. The molecular weight excluding hydrogens is 472 g/mol. The molecule has 1 aromatic rings. The minimum Gasteiger partial charge on any atom is -0.370 e. The van der Waals surface area contributed by atoms with Crippen molar-refractivity contribution in [3.05, 3.63) is 35.4 Å². The molecule has 0 spiro atoms. The number of ether oxygens (including phenoxy) is 1. The van der Waals surface area contributed by atoms with E-state index in [2.05, 4.69) is 34.3 Å². The van der Waals surface area contributed by atoms with Gasteiger partial charge in [-0.25, -0.2) is 0 Å². The van der Waals surface area contributed by atoms with Crippen LogP contribution in [-0.4, -0.2) is 75.4 Å². The molecule has 1 aromatic carbocycles. The van der Waals surface area contributed by atoms with E-state index in [4.69, 9.17) is 4.74 Å². The van der Waals surface area contributed by atoms with Crippen molar-refractivity contribution in [1.82, 2.24) is 15.1 Å². The van der Waals surface area contributed by atoms with Gasteiger partial charge in [-0.3, -0.25) is 9.89 Å². The van der Waals surface area contributed by atoms with E-state index in [0.717, 1.165) is 5.56 Å². The average molecular weight is 500 g/mol. The predicted molar refractivity (Wildman–Crippen MR) is 112 cm³/mol. The molecule has 0 amide bonds. The monoisotopic (exact) mass is 500 g/mol. The highest BCUT2D eigenvalue weighted by Gasteiger charge is 2.29. The number of nitrogens with zero attached hydrogens (tertiary/aromatic N) is 3. The van der Waals surface area contributed by atoms with Crippen molar-refractivity contribution in [2.24, 2.45) is 4.99 Å². The molecule has 0 aromatic heterocycles. The standard InChI is InChI=1S/C18H27F3N4O.HI/c1-14-6-4-5-7-15(14)16-12-25(10-11-26-16)17(22-2)23-8-9-24(3)13-18(19,20)21;/h4-7,16H,8-13H2,1-3H3,(H,22,23);1H. The van der Waals surface area contributed by atoms with E-state index in [1.807, 2.05) is 12.1 Å². The van der Waals surface area contributed by atoms with Gasteiger partial charge in [-0.15, -0.1) is 24.0 Å². The first-order valence-corrected chi connectivity index (χ1v) is 8.68. The van der Waals surface area contributed by atoms with Crippen molar-refractivity contribution < 1.29 is 17.9 Å². The van der Waals surface area contributed by atoms with Crippen LogP contribution >= 0.6 is 24.0 Å². The summed E-state index contributed by atoms with van der Waals surface area (Å²) in [6.07, 6.45) is -4.22. The maximum absolute atomic E-state index is 12.4. The van der Waals surface area contributed by atoms with Gasteiger partial charge < -0.3 is 15.0 Å². The summed E-state index contributed by atoms with van der Waals surface area (Å²) in [7, 11) is 3.14. The Labute approximate surface area is 176 Å². The summed E-state index contributed by atoms with van der Waals surface area (Å²) in [6.45, 7) is 3.74. The molecule has 5 nitrogen and oxygen atoms in total. The molecule has 1 unspecified atom stereocenters. The molecule has 154 valence electrons. The molecular formula is C18H28F3IN4O. The number of alkyl halides is 3. The van der Waals surface area contributed by atoms with Gasteiger partial charge in [0.1, 0.15) is 6.10 Å². The van der Waals surface area contributed by atoms with Crippen LogP contribution in [0.3, 0.4) is 0 Å². The van der Waals surface area contributed by atoms with E-state index < -0.39 is 12.7 Å². The number of likely N-dealkylation sites (N-methyl/N-ethyl adjacent to an activating group) is 1. The van der Waals surface area contributed by atoms with Gasteiger partial charge in [-0.05, 0) is 25.1 Å². The molecule has 1 atom stereocenters. The smallest absolute Gasteiger partial charge is 0.370 e. The second-order valence-electron chi connectivity index (χ2n) is 6.49. The quantitative estimate of drug-likeness (QED) is 0.384. The molecule has 0 bridgehead atoms. The fourth-order valence-corrected chi connectivity index (χ4v) is 3.05. The number of hydrogen-bond acceptors (Lipinski definition) is 3. The van der Waals surface area contributed by atoms with Crippen LogP contribution in [0.2, 0.25) is 0 Å². The van der Waals surface area contributed by atoms with E-state index >= 15 is 0 Å². The lowest BCUT2D eigenvalue weighted by Crippen LogP contribution is -2.49. The first-order chi connectivity index (χ1) is 12.3. The van der Waals surface area contributed by atoms with Crippen LogP contribution in [0.5, 0.6) is 0 Å². The number of hydrogen-bond donors (Lipinski definition) is 1. The van der Waals surface area contributed by atoms with E-state index in [1.165, 1.54) is 17.5 Å². The third-order valence-electron chi connectivity index (χ3n) is 4.34. The number of morpholine rings is 1. The Morgan fingerprint density at radius 3 is 2.70 bits per heavy atom. The normalized spacial score (nSPS) is 18.4. The molecule has 0 aliphatic carbocycles. The van der Waals surface area contributed by atoms with Crippen molar-refractivity contribution in [1.29, 1.82) is 0 Å². The van der Waals surface area contributed by atoms with E-state index in [-0.39, 0.29) is 36.6 Å². The maximum atomic E-state index is 12.4. The van der Waals surface area contributed by atoms with Crippen LogP contribution in [0.1, 0.15) is 17.2 Å². The molecule has 1 aliphatic heterocycles. The number of aliphatic imine (C=N–C) groups is 1. The van der Waals surface area contributed by atoms with Crippen LogP contribution in [0, 0.1) is 6.92 Å². The highest BCUT2D eigenvalue weighted by Crippen LogP contribution is 2.24. The van der Waals surface area contributed by atoms with E-state index in [1.54, 1.807) is 7.05 Å². The summed E-state index contributed by atoms with van der Waals surface area (Å²) in [4.78, 5) is 7.60. The summed E-state index contributed by atoms with van der Waals surface area (Å²) >= 11 is 0. The summed E-state index contributed by atoms with van der Waals surface area (Å²) in [5.74, 6) is 0.687. The van der Waals surface area contributed by atoms with Gasteiger partial charge in [0.25, 0.3) is 0 Å². The highest BCUT2D eigenvalue weighted by atomic mass is 127. The number of aryl methyl sites for hydroxylation is 1. The third kappa shape index (κ3) is 7.82. The molecule has 1 saturated heterocycles. The van der Waals surface area contributed by atoms with Gasteiger partial charge in [0.2, 0.25) is 0 Å². The first kappa shape index (κ1) is 24.0. The van der Waals surface area contributed by atoms with Gasteiger partial charge in [0, 0.05) is 26.7 Å². The van der Waals surface area contributed by atoms with Crippen molar-refractivity contribution in [3.63, 3.8) is 0 Å². The number of nitrogens with one attached hydrogen (secondary N) is 1. The zero-order chi connectivity index (χ0) is 19.2. The zero-order valence-corrected chi connectivity index (χ0v) is 18.3. The molecule has 0 radical (unpaired) electrons. The van der Waals surface area contributed by atoms with Gasteiger partial charge >= 0.3 is 6.18 Å². The summed E-state index contributed by atoms with van der Waals surface area (Å²) in [5, 5.41) is 3.15. The second-order valence-corrected chi connectivity index (χ2v) is 6.49. The second kappa shape index (κ2) is 11.1. The van der Waals surface area contributed by atoms with Crippen molar-refractivity contribution >= 4 is 29.9 Å². The molecule has 1 fully saturated rings. The van der Waals surface area contributed by atoms with Gasteiger partial charge in [-0.2, -0.15) is 13.2 Å². The molecule has 27 heavy (non-hydrogen) atoms. The van der Waals surface area contributed by atoms with Gasteiger partial charge in [0.05, 0.1) is 19.7 Å². The summed E-state index contributed by atoms with van der Waals surface area (Å²) in [5.41, 5.74) is 2.33. The molecule has 0 saturated carbocycles. The van der Waals surface area contributed by atoms with Crippen LogP contribution in [0.15, 0.2) is 29.3 Å². The SMILES string of the molecule is CN=C(NCCN(C)CC(F)(F)F)N1CCOC(c2ccccc2C)C1.I. The summed E-state index contributed by atoms with van der Waals surface area (Å²) < 4.78 is 43.0. The number of guanidine groups is 1. The topological polar surface area (TPSA) is 40.1 Å². The molecule has 9 heteroatoms. The van der Waals surface area contributed by atoms with E-state index in [9.17, 15) is 13.2 Å². The molecule has 2 rings (SSSR count). The Morgan fingerprint density at radius 1 is 1.37 bits per heavy atom. The fraction of sp³-hybridized carbons (Fsp3) is 0.611. The number of rotatable bonds is 5. The Balaban J connectivity index is 0.00000364. The molecule has 1 N–H and O–H groups in total. The minimum absolute atomic E-state index is 0. The Hall–Kier alpha value is -1.07. The Bertz CT molecular complexity index is 613. The first-order valence-electron chi connectivity index (χ1n) is 8.68. The Kier molecular flexibility index (Phi) is 9.82. The van der Waals surface area contributed by atoms with Crippen molar-refractivity contribution in [2.45, 2.75) is 19.2 Å². The van der Waals surface area contributed by atoms with Crippen LogP contribution in [0.4, 0.5) is 13.2 Å². The van der Waals surface area contributed by atoms with Gasteiger partial charge in [-0.1, -0.05) is 24.3 Å². The largest absolute Gasteiger partial charge is 0.401 e. The minimum atomic E-state index is -4.18. The Morgan fingerprint density at radius 2 is 2.07 bits per heavy atom. The van der Waals surface area contributed by atoms with Crippen LogP contribution in [-0.2, 0) is 4.74 Å². The lowest BCUT2D eigenvalue weighted by atomic mass is 10.0. The molecule has 1 heterocycles. The van der Waals surface area contributed by atoms with Gasteiger partial charge in [0.15, 0.2) is 5.96 Å². The van der Waals surface area contributed by atoms with E-state index in [0.29, 0.717) is 32.2 Å². The third-order valence-corrected chi connectivity index (χ3v) is 4.34. The number of benzene rings is 1. The van der Waals surface area contributed by atoms with Crippen LogP contribution in [0.25, 0.3) is 0 Å². The highest BCUT2D eigenvalue weighted by molar-refractivity contribution is 14.0. The number of halogens is 4.